The summed E-state index contributed by atoms with van der Waals surface area (Å²) in [5.74, 6) is 2.94. The highest BCUT2D eigenvalue weighted by atomic mass is 28.3. The Balaban J connectivity index is 1.71. The summed E-state index contributed by atoms with van der Waals surface area (Å²) in [6, 6.07) is 28.9. The molecule has 3 aromatic rings. The predicted molar refractivity (Wildman–Crippen MR) is 153 cm³/mol. The van der Waals surface area contributed by atoms with Crippen LogP contribution < -0.4 is 15.6 Å². The summed E-state index contributed by atoms with van der Waals surface area (Å²) in [5.41, 5.74) is 4.82. The number of hydrogen-bond donors (Lipinski definition) is 0. The summed E-state index contributed by atoms with van der Waals surface area (Å²) >= 11 is 0. The second kappa shape index (κ2) is 9.10. The van der Waals surface area contributed by atoms with E-state index >= 15 is 0 Å². The molecule has 0 amide bonds. The predicted octanol–water partition coefficient (Wildman–Crippen LogP) is 6.63. The quantitative estimate of drug-likeness (QED) is 0.294. The van der Waals surface area contributed by atoms with Gasteiger partial charge in [0.05, 0.1) is 0 Å². The lowest BCUT2D eigenvalue weighted by atomic mass is 9.77. The molecule has 5 unspecified atom stereocenters. The minimum atomic E-state index is -2.39. The van der Waals surface area contributed by atoms with Crippen molar-refractivity contribution in [1.82, 2.24) is 0 Å². The summed E-state index contributed by atoms with van der Waals surface area (Å²) in [6.07, 6.45) is 15.5. The molecule has 0 radical (unpaired) electrons. The van der Waals surface area contributed by atoms with Crippen molar-refractivity contribution in [3.8, 4) is 0 Å². The number of allylic oxidation sites excluding steroid dienone is 4. The van der Waals surface area contributed by atoms with Crippen molar-refractivity contribution in [3.05, 3.63) is 114 Å². The lowest BCUT2D eigenvalue weighted by molar-refractivity contribution is 0.247. The van der Waals surface area contributed by atoms with Gasteiger partial charge in [-0.2, -0.15) is 0 Å². The Labute approximate surface area is 212 Å². The lowest BCUT2D eigenvalue weighted by Crippen LogP contribution is -2.71. The molecule has 2 saturated carbocycles. The zero-order chi connectivity index (χ0) is 24.0. The highest BCUT2D eigenvalue weighted by molar-refractivity contribution is 7.12. The molecule has 3 aliphatic rings. The average molecular weight is 475 g/mol. The fourth-order valence-electron chi connectivity index (χ4n) is 8.18. The van der Waals surface area contributed by atoms with Gasteiger partial charge >= 0.3 is 0 Å². The van der Waals surface area contributed by atoms with Crippen LogP contribution in [0.3, 0.4) is 0 Å². The van der Waals surface area contributed by atoms with Gasteiger partial charge in [-0.05, 0) is 72.0 Å². The molecule has 6 rings (SSSR count). The van der Waals surface area contributed by atoms with Crippen molar-refractivity contribution in [2.24, 2.45) is 23.7 Å². The molecule has 1 heteroatoms. The van der Waals surface area contributed by atoms with Crippen LogP contribution in [0.15, 0.2) is 97.1 Å². The highest BCUT2D eigenvalue weighted by Crippen LogP contribution is 2.60. The summed E-state index contributed by atoms with van der Waals surface area (Å²) < 4.78 is 0. The second-order valence-corrected chi connectivity index (χ2v) is 15.5. The van der Waals surface area contributed by atoms with Crippen molar-refractivity contribution >= 4 is 23.6 Å². The van der Waals surface area contributed by atoms with Crippen LogP contribution in [0.2, 0.25) is 5.54 Å². The molecular formula is C34H38Si. The van der Waals surface area contributed by atoms with Gasteiger partial charge < -0.3 is 0 Å². The monoisotopic (exact) mass is 474 g/mol. The third kappa shape index (κ3) is 3.71. The van der Waals surface area contributed by atoms with Crippen LogP contribution in [-0.4, -0.2) is 8.07 Å². The Kier molecular flexibility index (Phi) is 5.93. The molecule has 0 heterocycles. The van der Waals surface area contributed by atoms with Gasteiger partial charge in [0, 0.05) is 0 Å². The summed E-state index contributed by atoms with van der Waals surface area (Å²) in [7, 11) is -2.39. The van der Waals surface area contributed by atoms with E-state index in [-0.39, 0.29) is 0 Å². The Morgan fingerprint density at radius 3 is 1.51 bits per heavy atom. The molecule has 0 bridgehead atoms. The van der Waals surface area contributed by atoms with Crippen molar-refractivity contribution in [3.63, 3.8) is 0 Å². The van der Waals surface area contributed by atoms with E-state index in [1.165, 1.54) is 42.4 Å². The van der Waals surface area contributed by atoms with Crippen molar-refractivity contribution in [1.29, 1.82) is 0 Å². The lowest BCUT2D eigenvalue weighted by Gasteiger charge is -2.45. The van der Waals surface area contributed by atoms with Gasteiger partial charge in [0.15, 0.2) is 8.07 Å². The zero-order valence-corrected chi connectivity index (χ0v) is 22.5. The molecule has 178 valence electrons. The first kappa shape index (κ1) is 22.8. The van der Waals surface area contributed by atoms with Crippen LogP contribution in [0.4, 0.5) is 0 Å². The number of fused-ring (bicyclic) bond motifs is 3. The van der Waals surface area contributed by atoms with Crippen LogP contribution in [0.25, 0.3) is 0 Å². The van der Waals surface area contributed by atoms with E-state index in [9.17, 15) is 0 Å². The van der Waals surface area contributed by atoms with Crippen molar-refractivity contribution in [2.75, 3.05) is 0 Å². The normalized spacial score (nSPS) is 27.5. The van der Waals surface area contributed by atoms with Crippen LogP contribution in [0.5, 0.6) is 0 Å². The Morgan fingerprint density at radius 1 is 0.571 bits per heavy atom. The minimum absolute atomic E-state index is 0.626. The maximum Gasteiger partial charge on any atom is 0.152 e. The molecule has 3 aromatic carbocycles. The third-order valence-corrected chi connectivity index (χ3v) is 14.9. The maximum absolute atomic E-state index is 2.61. The molecule has 0 nitrogen and oxygen atoms in total. The topological polar surface area (TPSA) is 0 Å². The highest BCUT2D eigenvalue weighted by Gasteiger charge is 2.60. The molecule has 0 aliphatic heterocycles. The molecule has 5 atom stereocenters. The number of aryl methyl sites for hydroxylation is 3. The van der Waals surface area contributed by atoms with Gasteiger partial charge in [-0.1, -0.05) is 133 Å². The largest absolute Gasteiger partial charge is 0.152 e. The number of benzene rings is 3. The summed E-state index contributed by atoms with van der Waals surface area (Å²) in [4.78, 5) is 0. The standard InChI is InChI=1S/C34H38Si/c1-24-11-8-14-27(21-24)35(28-15-9-12-25(2)22-28,29-16-10-13-26(3)23-29)34-32-19-6-4-17-30(32)31-18-5-7-20-33(31)34/h4,6,8-17,19,21-23,30-34H,5,7,18,20H2,1-3H3. The minimum Gasteiger partial charge on any atom is -0.0808 e. The zero-order valence-electron chi connectivity index (χ0n) is 21.5. The molecular weight excluding hydrogens is 436 g/mol. The molecule has 0 spiro atoms. The van der Waals surface area contributed by atoms with E-state index in [4.69, 9.17) is 0 Å². The second-order valence-electron chi connectivity index (χ2n) is 11.5. The molecule has 0 saturated heterocycles. The van der Waals surface area contributed by atoms with Crippen molar-refractivity contribution in [2.45, 2.75) is 52.0 Å². The molecule has 35 heavy (non-hydrogen) atoms. The first-order chi connectivity index (χ1) is 17.1. The first-order valence-corrected chi connectivity index (χ1v) is 15.7. The van der Waals surface area contributed by atoms with Crippen LogP contribution in [-0.2, 0) is 0 Å². The van der Waals surface area contributed by atoms with E-state index in [1.54, 1.807) is 15.6 Å². The maximum atomic E-state index is 2.61. The SMILES string of the molecule is Cc1cccc([Si](c2cccc(C)c2)(c2cccc(C)c2)C2C3C=CC=CC3C3CCCCC32)c1. The Hall–Kier alpha value is -2.64. The smallest absolute Gasteiger partial charge is 0.0808 e. The van der Waals surface area contributed by atoms with Gasteiger partial charge in [-0.15, -0.1) is 0 Å². The fraction of sp³-hybridized carbons (Fsp3) is 0.353. The van der Waals surface area contributed by atoms with E-state index in [0.29, 0.717) is 17.4 Å². The van der Waals surface area contributed by atoms with E-state index in [0.717, 1.165) is 11.8 Å². The molecule has 3 aliphatic carbocycles. The summed E-state index contributed by atoms with van der Waals surface area (Å²) in [5, 5.41) is 4.81. The number of hydrogen-bond acceptors (Lipinski definition) is 0. The van der Waals surface area contributed by atoms with Gasteiger partial charge in [0.2, 0.25) is 0 Å². The van der Waals surface area contributed by atoms with Gasteiger partial charge in [0.25, 0.3) is 0 Å². The third-order valence-electron chi connectivity index (χ3n) is 9.39. The Bertz CT molecular complexity index is 1170. The fourth-order valence-corrected chi connectivity index (χ4v) is 14.7. The first-order valence-electron chi connectivity index (χ1n) is 13.7. The van der Waals surface area contributed by atoms with Crippen LogP contribution >= 0.6 is 0 Å². The molecule has 0 aromatic heterocycles. The molecule has 0 N–H and O–H groups in total. The van der Waals surface area contributed by atoms with Gasteiger partial charge in [-0.3, -0.25) is 0 Å². The van der Waals surface area contributed by atoms with E-state index in [2.05, 4.69) is 118 Å². The Morgan fingerprint density at radius 2 is 1.03 bits per heavy atom. The van der Waals surface area contributed by atoms with Crippen LogP contribution in [0.1, 0.15) is 42.4 Å². The van der Waals surface area contributed by atoms with E-state index < -0.39 is 8.07 Å². The molecule has 2 fully saturated rings. The van der Waals surface area contributed by atoms with Gasteiger partial charge in [0.1, 0.15) is 0 Å². The van der Waals surface area contributed by atoms with E-state index in [1.807, 2.05) is 0 Å². The average Bonchev–Trinajstić information content (AvgIpc) is 3.20. The van der Waals surface area contributed by atoms with Gasteiger partial charge in [-0.25, -0.2) is 0 Å². The van der Waals surface area contributed by atoms with Crippen molar-refractivity contribution < 1.29 is 0 Å². The summed E-state index contributed by atoms with van der Waals surface area (Å²) in [6.45, 7) is 6.83. The van der Waals surface area contributed by atoms with Crippen LogP contribution in [0, 0.1) is 44.4 Å². The number of rotatable bonds is 4.